The summed E-state index contributed by atoms with van der Waals surface area (Å²) in [6.07, 6.45) is 5.03. The van der Waals surface area contributed by atoms with Gasteiger partial charge in [0.2, 0.25) is 0 Å². The van der Waals surface area contributed by atoms with Crippen molar-refractivity contribution in [3.05, 3.63) is 70.2 Å². The Balaban J connectivity index is 2.15. The third-order valence-electron chi connectivity index (χ3n) is 4.10. The van der Waals surface area contributed by atoms with E-state index in [1.807, 2.05) is 30.3 Å². The van der Waals surface area contributed by atoms with Crippen molar-refractivity contribution < 1.29 is 0 Å². The Morgan fingerprint density at radius 3 is 2.61 bits per heavy atom. The minimum Gasteiger partial charge on any atom is -0.321 e. The van der Waals surface area contributed by atoms with Gasteiger partial charge < -0.3 is 4.57 Å². The highest BCUT2D eigenvalue weighted by Crippen LogP contribution is 2.32. The molecule has 1 aromatic carbocycles. The molecule has 6 nitrogen and oxygen atoms in total. The summed E-state index contributed by atoms with van der Waals surface area (Å²) in [5.74, 6) is 0. The van der Waals surface area contributed by atoms with E-state index in [1.54, 1.807) is 17.0 Å². The molecule has 116 valence electrons. The van der Waals surface area contributed by atoms with Crippen LogP contribution in [0.15, 0.2) is 58.9 Å². The number of fused-ring (bicyclic) bond motifs is 1. The molecule has 1 saturated carbocycles. The molecule has 0 aliphatic heterocycles. The smallest absolute Gasteiger partial charge is 0.321 e. The van der Waals surface area contributed by atoms with E-state index < -0.39 is 0 Å². The van der Waals surface area contributed by atoms with Crippen LogP contribution < -0.4 is 11.2 Å². The number of hydrogen-bond donors (Lipinski definition) is 0. The minimum absolute atomic E-state index is 0.00134. The fourth-order valence-electron chi connectivity index (χ4n) is 2.90. The first-order valence-electron chi connectivity index (χ1n) is 7.61. The molecule has 0 atom stereocenters. The standard InChI is InChI=1S/C17H16N4O2/c1-2-10-19-11-18-15-14(19)16(22)21(13-8-9-13)17(23)20(15)12-6-4-3-5-7-12/h2-7,11,13H,1,8-10H2. The maximum atomic E-state index is 12.9. The molecule has 1 aliphatic carbocycles. The molecule has 1 fully saturated rings. The third kappa shape index (κ3) is 2.06. The normalized spacial score (nSPS) is 14.3. The monoisotopic (exact) mass is 308 g/mol. The van der Waals surface area contributed by atoms with Crippen LogP contribution in [0.4, 0.5) is 0 Å². The van der Waals surface area contributed by atoms with Crippen LogP contribution in [0.3, 0.4) is 0 Å². The van der Waals surface area contributed by atoms with Gasteiger partial charge in [-0.25, -0.2) is 14.3 Å². The number of imidazole rings is 1. The van der Waals surface area contributed by atoms with Gasteiger partial charge in [0, 0.05) is 12.6 Å². The van der Waals surface area contributed by atoms with Gasteiger partial charge in [0.15, 0.2) is 11.2 Å². The van der Waals surface area contributed by atoms with Crippen molar-refractivity contribution in [2.24, 2.45) is 0 Å². The Morgan fingerprint density at radius 2 is 1.96 bits per heavy atom. The molecule has 3 aromatic rings. The average Bonchev–Trinajstić information content (AvgIpc) is 3.30. The number of allylic oxidation sites excluding steroid dienone is 1. The second-order valence-corrected chi connectivity index (χ2v) is 5.72. The topological polar surface area (TPSA) is 61.8 Å². The van der Waals surface area contributed by atoms with Gasteiger partial charge in [-0.05, 0) is 25.0 Å². The van der Waals surface area contributed by atoms with Gasteiger partial charge in [-0.15, -0.1) is 6.58 Å². The van der Waals surface area contributed by atoms with Crippen LogP contribution in [0.2, 0.25) is 0 Å². The molecule has 6 heteroatoms. The summed E-state index contributed by atoms with van der Waals surface area (Å²) in [7, 11) is 0. The van der Waals surface area contributed by atoms with E-state index in [4.69, 9.17) is 0 Å². The second kappa shape index (κ2) is 5.08. The van der Waals surface area contributed by atoms with Crippen molar-refractivity contribution in [1.82, 2.24) is 18.7 Å². The highest BCUT2D eigenvalue weighted by Gasteiger charge is 2.30. The van der Waals surface area contributed by atoms with Crippen molar-refractivity contribution in [1.29, 1.82) is 0 Å². The Kier molecular flexibility index (Phi) is 3.04. The quantitative estimate of drug-likeness (QED) is 0.691. The number of aromatic nitrogens is 4. The maximum absolute atomic E-state index is 12.9. The predicted molar refractivity (Wildman–Crippen MR) is 88.1 cm³/mol. The zero-order chi connectivity index (χ0) is 16.0. The van der Waals surface area contributed by atoms with E-state index >= 15 is 0 Å². The van der Waals surface area contributed by atoms with Crippen molar-refractivity contribution in [2.45, 2.75) is 25.4 Å². The molecule has 23 heavy (non-hydrogen) atoms. The molecule has 0 unspecified atom stereocenters. The van der Waals surface area contributed by atoms with Crippen molar-refractivity contribution in [3.63, 3.8) is 0 Å². The van der Waals surface area contributed by atoms with Gasteiger partial charge in [-0.3, -0.25) is 9.36 Å². The van der Waals surface area contributed by atoms with Crippen LogP contribution in [0.25, 0.3) is 16.9 Å². The lowest BCUT2D eigenvalue weighted by molar-refractivity contribution is 0.639. The van der Waals surface area contributed by atoms with Crippen LogP contribution in [0, 0.1) is 0 Å². The van der Waals surface area contributed by atoms with Crippen LogP contribution in [0.1, 0.15) is 18.9 Å². The summed E-state index contributed by atoms with van der Waals surface area (Å²) in [6.45, 7) is 4.19. The Hall–Kier alpha value is -2.89. The SMILES string of the molecule is C=CCn1cnc2c1c(=O)n(C1CC1)c(=O)n2-c1ccccc1. The number of rotatable bonds is 4. The molecular formula is C17H16N4O2. The molecule has 0 bridgehead atoms. The molecule has 4 rings (SSSR count). The van der Waals surface area contributed by atoms with E-state index in [0.717, 1.165) is 12.8 Å². The molecule has 0 spiro atoms. The first-order chi connectivity index (χ1) is 11.2. The Bertz CT molecular complexity index is 1010. The lowest BCUT2D eigenvalue weighted by Gasteiger charge is -2.11. The van der Waals surface area contributed by atoms with Gasteiger partial charge in [0.25, 0.3) is 5.56 Å². The van der Waals surface area contributed by atoms with Gasteiger partial charge in [0.1, 0.15) is 0 Å². The summed E-state index contributed by atoms with van der Waals surface area (Å²) in [4.78, 5) is 30.1. The average molecular weight is 308 g/mol. The number of nitrogens with zero attached hydrogens (tertiary/aromatic N) is 4. The molecule has 0 radical (unpaired) electrons. The van der Waals surface area contributed by atoms with Gasteiger partial charge in [0.05, 0.1) is 12.0 Å². The zero-order valence-electron chi connectivity index (χ0n) is 12.6. The van der Waals surface area contributed by atoms with Crippen molar-refractivity contribution >= 4 is 11.2 Å². The van der Waals surface area contributed by atoms with Crippen LogP contribution in [-0.4, -0.2) is 18.7 Å². The Morgan fingerprint density at radius 1 is 1.22 bits per heavy atom. The van der Waals surface area contributed by atoms with Crippen LogP contribution in [-0.2, 0) is 6.54 Å². The predicted octanol–water partition coefficient (Wildman–Crippen LogP) is 1.87. The lowest BCUT2D eigenvalue weighted by Crippen LogP contribution is -2.39. The van der Waals surface area contributed by atoms with Crippen LogP contribution >= 0.6 is 0 Å². The van der Waals surface area contributed by atoms with Crippen molar-refractivity contribution in [2.75, 3.05) is 0 Å². The summed E-state index contributed by atoms with van der Waals surface area (Å²) in [5.41, 5.74) is 0.963. The van der Waals surface area contributed by atoms with E-state index in [1.165, 1.54) is 9.13 Å². The highest BCUT2D eigenvalue weighted by molar-refractivity contribution is 5.72. The number of hydrogen-bond acceptors (Lipinski definition) is 3. The molecule has 0 saturated heterocycles. The maximum Gasteiger partial charge on any atom is 0.337 e. The van der Waals surface area contributed by atoms with E-state index in [0.29, 0.717) is 23.4 Å². The summed E-state index contributed by atoms with van der Waals surface area (Å²) < 4.78 is 4.63. The first-order valence-corrected chi connectivity index (χ1v) is 7.61. The van der Waals surface area contributed by atoms with Crippen LogP contribution in [0.5, 0.6) is 0 Å². The van der Waals surface area contributed by atoms with E-state index in [2.05, 4.69) is 11.6 Å². The number of benzene rings is 1. The van der Waals surface area contributed by atoms with E-state index in [-0.39, 0.29) is 17.3 Å². The Labute approximate surface area is 131 Å². The fraction of sp³-hybridized carbons (Fsp3) is 0.235. The highest BCUT2D eigenvalue weighted by atomic mass is 16.2. The van der Waals surface area contributed by atoms with Crippen molar-refractivity contribution in [3.8, 4) is 5.69 Å². The molecule has 1 aliphatic rings. The minimum atomic E-state index is -0.319. The first kappa shape index (κ1) is 13.8. The molecule has 2 aromatic heterocycles. The second-order valence-electron chi connectivity index (χ2n) is 5.72. The zero-order valence-corrected chi connectivity index (χ0v) is 12.6. The van der Waals surface area contributed by atoms with Gasteiger partial charge >= 0.3 is 5.69 Å². The van der Waals surface area contributed by atoms with Gasteiger partial charge in [-0.2, -0.15) is 0 Å². The summed E-state index contributed by atoms with van der Waals surface area (Å²) in [6, 6.07) is 9.30. The van der Waals surface area contributed by atoms with E-state index in [9.17, 15) is 9.59 Å². The molecule has 2 heterocycles. The molecule has 0 N–H and O–H groups in total. The fourth-order valence-corrected chi connectivity index (χ4v) is 2.90. The third-order valence-corrected chi connectivity index (χ3v) is 4.10. The summed E-state index contributed by atoms with van der Waals surface area (Å²) in [5, 5.41) is 0. The lowest BCUT2D eigenvalue weighted by atomic mass is 10.3. The summed E-state index contributed by atoms with van der Waals surface area (Å²) >= 11 is 0. The number of para-hydroxylation sites is 1. The molecular weight excluding hydrogens is 292 g/mol. The van der Waals surface area contributed by atoms with Gasteiger partial charge in [-0.1, -0.05) is 24.3 Å². The molecule has 0 amide bonds. The largest absolute Gasteiger partial charge is 0.337 e.